The number of para-hydroxylation sites is 1. The van der Waals surface area contributed by atoms with Crippen LogP contribution in [0.25, 0.3) is 16.6 Å². The van der Waals surface area contributed by atoms with E-state index in [1.807, 2.05) is 83.4 Å². The van der Waals surface area contributed by atoms with Crippen molar-refractivity contribution < 1.29 is 23.8 Å². The molecular weight excluding hydrogens is 599 g/mol. The summed E-state index contributed by atoms with van der Waals surface area (Å²) in [6.45, 7) is 9.85. The molecule has 1 fully saturated rings. The van der Waals surface area contributed by atoms with Gasteiger partial charge in [-0.25, -0.2) is 4.68 Å². The van der Waals surface area contributed by atoms with Gasteiger partial charge in [0.2, 0.25) is 5.78 Å². The van der Waals surface area contributed by atoms with Crippen molar-refractivity contribution in [2.45, 2.75) is 32.4 Å². The highest BCUT2D eigenvalue weighted by atomic mass is 28.3. The molecule has 46 heavy (non-hydrogen) atoms. The number of ether oxygens (including phenoxy) is 3. The smallest absolute Gasteiger partial charge is 0.254 e. The van der Waals surface area contributed by atoms with Crippen LogP contribution in [0.1, 0.15) is 26.4 Å². The molecule has 6 rings (SSSR count). The highest BCUT2D eigenvalue weighted by Crippen LogP contribution is 2.28. The summed E-state index contributed by atoms with van der Waals surface area (Å²) in [6.07, 6.45) is 1.49. The summed E-state index contributed by atoms with van der Waals surface area (Å²) in [5.74, 6) is 1.30. The van der Waals surface area contributed by atoms with Gasteiger partial charge in [0.1, 0.15) is 24.0 Å². The number of ketones is 1. The van der Waals surface area contributed by atoms with Gasteiger partial charge in [-0.05, 0) is 66.7 Å². The van der Waals surface area contributed by atoms with Gasteiger partial charge in [-0.2, -0.15) is 5.10 Å². The molecule has 0 atom stereocenters. The number of aromatic nitrogens is 3. The number of morpholine rings is 1. The van der Waals surface area contributed by atoms with Gasteiger partial charge >= 0.3 is 0 Å². The van der Waals surface area contributed by atoms with E-state index in [2.05, 4.69) is 24.7 Å². The second-order valence-corrected chi connectivity index (χ2v) is 18.2. The SMILES string of the molecule is C[Si](C)(C)CCOCn1c(C(=O)c2cnn(-c3ccc(Oc4ccccc4)cc3)c2N)cc2cc(C(=O)N3CCOCC3)ccc21. The average molecular weight is 638 g/mol. The van der Waals surface area contributed by atoms with Gasteiger partial charge in [-0.15, -0.1) is 0 Å². The number of hydrogen-bond donors (Lipinski definition) is 1. The van der Waals surface area contributed by atoms with Crippen molar-refractivity contribution in [3.63, 3.8) is 0 Å². The summed E-state index contributed by atoms with van der Waals surface area (Å²) in [4.78, 5) is 29.1. The normalized spacial score (nSPS) is 13.7. The van der Waals surface area contributed by atoms with Crippen LogP contribution in [0.4, 0.5) is 5.82 Å². The first-order valence-electron chi connectivity index (χ1n) is 15.5. The van der Waals surface area contributed by atoms with Crippen LogP contribution in [0.3, 0.4) is 0 Å². The van der Waals surface area contributed by atoms with Crippen molar-refractivity contribution in [1.82, 2.24) is 19.2 Å². The number of hydrogen-bond acceptors (Lipinski definition) is 7. The molecule has 1 amide bonds. The van der Waals surface area contributed by atoms with E-state index >= 15 is 0 Å². The van der Waals surface area contributed by atoms with E-state index in [4.69, 9.17) is 19.9 Å². The number of amides is 1. The lowest BCUT2D eigenvalue weighted by Crippen LogP contribution is -2.40. The van der Waals surface area contributed by atoms with Gasteiger partial charge in [0.25, 0.3) is 5.91 Å². The molecule has 3 heterocycles. The lowest BCUT2D eigenvalue weighted by molar-refractivity contribution is 0.0303. The molecule has 3 aromatic carbocycles. The van der Waals surface area contributed by atoms with Gasteiger partial charge in [-0.1, -0.05) is 37.8 Å². The maximum atomic E-state index is 14.1. The number of anilines is 1. The number of benzene rings is 3. The zero-order chi connectivity index (χ0) is 32.3. The predicted octanol–water partition coefficient (Wildman–Crippen LogP) is 6.22. The van der Waals surface area contributed by atoms with Gasteiger partial charge in [0.15, 0.2) is 0 Å². The number of nitrogen functional groups attached to an aromatic ring is 1. The summed E-state index contributed by atoms with van der Waals surface area (Å²) in [6, 6.07) is 25.2. The Morgan fingerprint density at radius 2 is 1.65 bits per heavy atom. The van der Waals surface area contributed by atoms with Crippen LogP contribution in [0.2, 0.25) is 25.7 Å². The minimum absolute atomic E-state index is 0.0529. The Balaban J connectivity index is 1.28. The molecule has 10 nitrogen and oxygen atoms in total. The number of fused-ring (bicyclic) bond motifs is 1. The summed E-state index contributed by atoms with van der Waals surface area (Å²) in [5.41, 5.74) is 9.30. The largest absolute Gasteiger partial charge is 0.457 e. The zero-order valence-corrected chi connectivity index (χ0v) is 27.4. The van der Waals surface area contributed by atoms with Crippen LogP contribution in [0.5, 0.6) is 11.5 Å². The van der Waals surface area contributed by atoms with Crippen LogP contribution in [0, 0.1) is 0 Å². The Labute approximate surface area is 269 Å². The van der Waals surface area contributed by atoms with Crippen molar-refractivity contribution in [1.29, 1.82) is 0 Å². The average Bonchev–Trinajstić information content (AvgIpc) is 3.63. The molecule has 5 aromatic rings. The number of rotatable bonds is 11. The van der Waals surface area contributed by atoms with E-state index in [0.29, 0.717) is 55.6 Å². The second kappa shape index (κ2) is 13.3. The van der Waals surface area contributed by atoms with E-state index in [1.165, 1.54) is 10.9 Å². The third-order valence-corrected chi connectivity index (χ3v) is 9.71. The summed E-state index contributed by atoms with van der Waals surface area (Å²) in [7, 11) is -1.31. The van der Waals surface area contributed by atoms with E-state index in [-0.39, 0.29) is 29.8 Å². The summed E-state index contributed by atoms with van der Waals surface area (Å²) < 4.78 is 20.8. The van der Waals surface area contributed by atoms with Gasteiger partial charge < -0.3 is 29.4 Å². The molecule has 1 aliphatic heterocycles. The van der Waals surface area contributed by atoms with E-state index in [9.17, 15) is 9.59 Å². The fourth-order valence-electron chi connectivity index (χ4n) is 5.37. The molecule has 238 valence electrons. The Bertz CT molecular complexity index is 1840. The van der Waals surface area contributed by atoms with Crippen molar-refractivity contribution in [3.8, 4) is 17.2 Å². The van der Waals surface area contributed by atoms with Crippen molar-refractivity contribution in [2.24, 2.45) is 0 Å². The first-order valence-corrected chi connectivity index (χ1v) is 19.2. The molecule has 0 unspecified atom stereocenters. The lowest BCUT2D eigenvalue weighted by Gasteiger charge is -2.26. The molecule has 2 N–H and O–H groups in total. The minimum atomic E-state index is -1.31. The molecule has 0 radical (unpaired) electrons. The molecule has 0 spiro atoms. The Morgan fingerprint density at radius 3 is 2.37 bits per heavy atom. The number of nitrogens with two attached hydrogens (primary N) is 1. The van der Waals surface area contributed by atoms with Crippen LogP contribution in [-0.2, 0) is 16.2 Å². The van der Waals surface area contributed by atoms with Crippen LogP contribution >= 0.6 is 0 Å². The van der Waals surface area contributed by atoms with Crippen LogP contribution in [0.15, 0.2) is 85.1 Å². The molecule has 11 heteroatoms. The summed E-state index contributed by atoms with van der Waals surface area (Å²) in [5, 5.41) is 5.23. The molecule has 2 aromatic heterocycles. The second-order valence-electron chi connectivity index (χ2n) is 12.6. The Morgan fingerprint density at radius 1 is 0.935 bits per heavy atom. The van der Waals surface area contributed by atoms with Crippen molar-refractivity contribution >= 4 is 36.5 Å². The number of carbonyl (C=O) groups is 2. The van der Waals surface area contributed by atoms with Crippen molar-refractivity contribution in [2.75, 3.05) is 38.6 Å². The van der Waals surface area contributed by atoms with Crippen LogP contribution in [-0.4, -0.2) is 71.9 Å². The first-order chi connectivity index (χ1) is 22.2. The number of carbonyl (C=O) groups excluding carboxylic acids is 2. The molecule has 0 bridgehead atoms. The van der Waals surface area contributed by atoms with E-state index < -0.39 is 8.07 Å². The third kappa shape index (κ3) is 6.91. The highest BCUT2D eigenvalue weighted by molar-refractivity contribution is 6.76. The monoisotopic (exact) mass is 637 g/mol. The molecule has 0 saturated carbocycles. The van der Waals surface area contributed by atoms with Crippen LogP contribution < -0.4 is 10.5 Å². The van der Waals surface area contributed by atoms with E-state index in [0.717, 1.165) is 22.7 Å². The molecule has 1 aliphatic rings. The fraction of sp³-hybridized carbons (Fsp3) is 0.286. The zero-order valence-electron chi connectivity index (χ0n) is 26.4. The van der Waals surface area contributed by atoms with E-state index in [1.54, 1.807) is 4.90 Å². The first kappa shape index (κ1) is 31.3. The quantitative estimate of drug-likeness (QED) is 0.104. The molecular formula is C35H39N5O5Si. The van der Waals surface area contributed by atoms with Gasteiger partial charge in [0.05, 0.1) is 41.9 Å². The molecule has 0 aliphatic carbocycles. The molecule has 1 saturated heterocycles. The van der Waals surface area contributed by atoms with Gasteiger partial charge in [0, 0.05) is 38.7 Å². The topological polar surface area (TPSA) is 114 Å². The standard InChI is InChI=1S/C35H39N5O5Si/c1-46(2,3)20-19-44-24-39-31-14-9-25(35(42)38-15-17-43-18-16-38)21-26(31)22-32(39)33(41)30-23-37-40(34(30)36)27-10-12-29(13-11-27)45-28-7-5-4-6-8-28/h4-14,21-23H,15-20,24,36H2,1-3H3. The lowest BCUT2D eigenvalue weighted by atomic mass is 10.1. The summed E-state index contributed by atoms with van der Waals surface area (Å²) >= 11 is 0. The third-order valence-electron chi connectivity index (χ3n) is 8.01. The van der Waals surface area contributed by atoms with Gasteiger partial charge in [-0.3, -0.25) is 9.59 Å². The maximum Gasteiger partial charge on any atom is 0.254 e. The Kier molecular flexibility index (Phi) is 9.07. The van der Waals surface area contributed by atoms with Crippen molar-refractivity contribution in [3.05, 3.63) is 102 Å². The minimum Gasteiger partial charge on any atom is -0.457 e. The Hall–Kier alpha value is -4.71. The maximum absolute atomic E-state index is 14.1. The number of nitrogens with zero attached hydrogens (tertiary/aromatic N) is 4. The predicted molar refractivity (Wildman–Crippen MR) is 181 cm³/mol. The fourth-order valence-corrected chi connectivity index (χ4v) is 6.13. The highest BCUT2D eigenvalue weighted by Gasteiger charge is 2.25.